The van der Waals surface area contributed by atoms with Crippen molar-refractivity contribution < 1.29 is 18.7 Å². The molecule has 2 aromatic carbocycles. The molecule has 184 valence electrons. The van der Waals surface area contributed by atoms with E-state index in [1.165, 1.54) is 27.8 Å². The van der Waals surface area contributed by atoms with Gasteiger partial charge >= 0.3 is 6.09 Å². The highest BCUT2D eigenvalue weighted by Crippen LogP contribution is 2.20. The minimum absolute atomic E-state index is 0.0934. The lowest BCUT2D eigenvalue weighted by atomic mass is 10.1. The summed E-state index contributed by atoms with van der Waals surface area (Å²) in [7, 11) is 2.07. The number of hydrogen-bond donors (Lipinski definition) is 1. The molecule has 1 aliphatic heterocycles. The Morgan fingerprint density at radius 2 is 1.80 bits per heavy atom. The zero-order chi connectivity index (χ0) is 24.9. The number of carbonyl (C=O) groups is 1. The molecule has 1 fully saturated rings. The van der Waals surface area contributed by atoms with E-state index in [2.05, 4.69) is 21.9 Å². The fraction of sp³-hybridized carbons (Fsp3) is 0.320. The molecule has 0 spiro atoms. The Balaban J connectivity index is 1.51. The standard InChI is InChI=1S/C25H27F2N5O3/c1-29-9-11-30(12-10-29)13-14-31(25(34)35)20-4-2-3-18(15-20)17-32-24(33)8-7-23(28-32)19-5-6-21(26)22(27)16-19/h2-8,15-16H,9-14,17H2,1H3,(H,34,35). The second kappa shape index (κ2) is 10.7. The lowest BCUT2D eigenvalue weighted by molar-refractivity contribution is 0.155. The van der Waals surface area contributed by atoms with Crippen LogP contribution in [0.3, 0.4) is 0 Å². The molecule has 1 aliphatic rings. The highest BCUT2D eigenvalue weighted by atomic mass is 19.2. The second-order valence-corrected chi connectivity index (χ2v) is 8.59. The largest absolute Gasteiger partial charge is 0.465 e. The maximum atomic E-state index is 13.6. The summed E-state index contributed by atoms with van der Waals surface area (Å²) in [6.45, 7) is 4.74. The summed E-state index contributed by atoms with van der Waals surface area (Å²) >= 11 is 0. The lowest BCUT2D eigenvalue weighted by Gasteiger charge is -2.33. The molecule has 10 heteroatoms. The average molecular weight is 484 g/mol. The number of likely N-dealkylation sites (N-methyl/N-ethyl adjacent to an activating group) is 1. The maximum absolute atomic E-state index is 13.6. The van der Waals surface area contributed by atoms with Gasteiger partial charge in [-0.25, -0.2) is 18.3 Å². The van der Waals surface area contributed by atoms with Crippen LogP contribution in [0.5, 0.6) is 0 Å². The number of carboxylic acid groups (broad SMARTS) is 1. The van der Waals surface area contributed by atoms with Crippen molar-refractivity contribution in [3.05, 3.63) is 82.1 Å². The predicted octanol–water partition coefficient (Wildman–Crippen LogP) is 2.97. The normalized spacial score (nSPS) is 14.7. The highest BCUT2D eigenvalue weighted by molar-refractivity contribution is 5.86. The van der Waals surface area contributed by atoms with Gasteiger partial charge in [-0.1, -0.05) is 12.1 Å². The molecular weight excluding hydrogens is 456 g/mol. The number of hydrogen-bond acceptors (Lipinski definition) is 5. The molecule has 4 rings (SSSR count). The summed E-state index contributed by atoms with van der Waals surface area (Å²) in [6.07, 6.45) is -1.05. The molecule has 2 heterocycles. The van der Waals surface area contributed by atoms with Gasteiger partial charge in [-0.3, -0.25) is 14.6 Å². The van der Waals surface area contributed by atoms with Crippen molar-refractivity contribution in [1.82, 2.24) is 19.6 Å². The van der Waals surface area contributed by atoms with Crippen molar-refractivity contribution >= 4 is 11.8 Å². The number of benzene rings is 2. The van der Waals surface area contributed by atoms with Gasteiger partial charge in [0.15, 0.2) is 11.6 Å². The third-order valence-electron chi connectivity index (χ3n) is 6.10. The fourth-order valence-electron chi connectivity index (χ4n) is 4.02. The Morgan fingerprint density at radius 3 is 2.51 bits per heavy atom. The molecule has 0 bridgehead atoms. The molecule has 3 aromatic rings. The lowest BCUT2D eigenvalue weighted by Crippen LogP contribution is -2.47. The van der Waals surface area contributed by atoms with Gasteiger partial charge in [0.2, 0.25) is 0 Å². The summed E-state index contributed by atoms with van der Waals surface area (Å²) in [5, 5.41) is 14.1. The summed E-state index contributed by atoms with van der Waals surface area (Å²) in [4.78, 5) is 30.2. The fourth-order valence-corrected chi connectivity index (χ4v) is 4.02. The number of anilines is 1. The zero-order valence-corrected chi connectivity index (χ0v) is 19.4. The quantitative estimate of drug-likeness (QED) is 0.557. The van der Waals surface area contributed by atoms with Gasteiger partial charge in [-0.05, 0) is 49.0 Å². The van der Waals surface area contributed by atoms with E-state index in [0.717, 1.165) is 38.3 Å². The number of piperazine rings is 1. The van der Waals surface area contributed by atoms with Crippen LogP contribution in [0.15, 0.2) is 59.4 Å². The van der Waals surface area contributed by atoms with Gasteiger partial charge in [-0.15, -0.1) is 0 Å². The van der Waals surface area contributed by atoms with E-state index < -0.39 is 17.7 Å². The molecule has 1 saturated heterocycles. The number of nitrogens with zero attached hydrogens (tertiary/aromatic N) is 5. The van der Waals surface area contributed by atoms with Gasteiger partial charge in [-0.2, -0.15) is 5.10 Å². The number of aromatic nitrogens is 2. The Bertz CT molecular complexity index is 1260. The topological polar surface area (TPSA) is 81.9 Å². The Labute approximate surface area is 201 Å². The zero-order valence-electron chi connectivity index (χ0n) is 19.4. The van der Waals surface area contributed by atoms with Crippen molar-refractivity contribution in [2.45, 2.75) is 6.54 Å². The van der Waals surface area contributed by atoms with E-state index in [1.54, 1.807) is 24.3 Å². The van der Waals surface area contributed by atoms with Crippen LogP contribution in [-0.2, 0) is 6.54 Å². The summed E-state index contributed by atoms with van der Waals surface area (Å²) < 4.78 is 28.1. The van der Waals surface area contributed by atoms with E-state index in [-0.39, 0.29) is 12.1 Å². The average Bonchev–Trinajstić information content (AvgIpc) is 2.84. The first-order valence-electron chi connectivity index (χ1n) is 11.3. The first kappa shape index (κ1) is 24.5. The van der Waals surface area contributed by atoms with Crippen LogP contribution in [0.25, 0.3) is 11.3 Å². The van der Waals surface area contributed by atoms with Gasteiger partial charge in [0.05, 0.1) is 12.2 Å². The van der Waals surface area contributed by atoms with Crippen LogP contribution in [-0.4, -0.2) is 77.1 Å². The molecule has 1 N–H and O–H groups in total. The number of halogens is 2. The minimum Gasteiger partial charge on any atom is -0.465 e. The Morgan fingerprint density at radius 1 is 1.03 bits per heavy atom. The highest BCUT2D eigenvalue weighted by Gasteiger charge is 2.19. The summed E-state index contributed by atoms with van der Waals surface area (Å²) in [5.41, 5.74) is 1.48. The van der Waals surface area contributed by atoms with Crippen molar-refractivity contribution in [2.75, 3.05) is 51.2 Å². The van der Waals surface area contributed by atoms with Crippen LogP contribution < -0.4 is 10.5 Å². The van der Waals surface area contributed by atoms with E-state index >= 15 is 0 Å². The van der Waals surface area contributed by atoms with Crippen molar-refractivity contribution in [1.29, 1.82) is 0 Å². The SMILES string of the molecule is CN1CCN(CCN(C(=O)O)c2cccc(Cn3nc(-c4ccc(F)c(F)c4)ccc3=O)c2)CC1. The molecule has 0 radical (unpaired) electrons. The van der Waals surface area contributed by atoms with Crippen molar-refractivity contribution in [3.63, 3.8) is 0 Å². The molecular formula is C25H27F2N5O3. The maximum Gasteiger partial charge on any atom is 0.411 e. The number of amides is 1. The third-order valence-corrected chi connectivity index (χ3v) is 6.10. The smallest absolute Gasteiger partial charge is 0.411 e. The van der Waals surface area contributed by atoms with Crippen LogP contribution in [0.1, 0.15) is 5.56 Å². The van der Waals surface area contributed by atoms with Crippen molar-refractivity contribution in [2.24, 2.45) is 0 Å². The van der Waals surface area contributed by atoms with E-state index in [1.807, 2.05) is 0 Å². The predicted molar refractivity (Wildman–Crippen MR) is 129 cm³/mol. The van der Waals surface area contributed by atoms with E-state index in [9.17, 15) is 23.5 Å². The molecule has 1 aromatic heterocycles. The van der Waals surface area contributed by atoms with Crippen LogP contribution in [0.2, 0.25) is 0 Å². The van der Waals surface area contributed by atoms with Gasteiger partial charge < -0.3 is 10.0 Å². The van der Waals surface area contributed by atoms with Gasteiger partial charge in [0, 0.05) is 56.6 Å². The van der Waals surface area contributed by atoms with Gasteiger partial charge in [0.25, 0.3) is 5.56 Å². The Kier molecular flexibility index (Phi) is 7.52. The molecule has 0 unspecified atom stereocenters. The third kappa shape index (κ3) is 6.09. The Hall–Kier alpha value is -3.63. The first-order valence-corrected chi connectivity index (χ1v) is 11.3. The summed E-state index contributed by atoms with van der Waals surface area (Å²) in [6, 6.07) is 13.1. The summed E-state index contributed by atoms with van der Waals surface area (Å²) in [5.74, 6) is -1.96. The monoisotopic (exact) mass is 483 g/mol. The van der Waals surface area contributed by atoms with E-state index in [4.69, 9.17) is 0 Å². The van der Waals surface area contributed by atoms with Crippen LogP contribution in [0, 0.1) is 11.6 Å². The minimum atomic E-state index is -1.05. The van der Waals surface area contributed by atoms with Crippen LogP contribution >= 0.6 is 0 Å². The first-order chi connectivity index (χ1) is 16.8. The number of rotatable bonds is 7. The van der Waals surface area contributed by atoms with Gasteiger partial charge in [0.1, 0.15) is 0 Å². The van der Waals surface area contributed by atoms with Crippen LogP contribution in [0.4, 0.5) is 19.3 Å². The molecule has 1 amide bonds. The molecule has 0 saturated carbocycles. The van der Waals surface area contributed by atoms with Crippen molar-refractivity contribution in [3.8, 4) is 11.3 Å². The second-order valence-electron chi connectivity index (χ2n) is 8.59. The molecule has 0 aliphatic carbocycles. The van der Waals surface area contributed by atoms with E-state index in [0.29, 0.717) is 35.6 Å². The molecule has 35 heavy (non-hydrogen) atoms. The molecule has 0 atom stereocenters. The molecule has 8 nitrogen and oxygen atoms in total.